The maximum Gasteiger partial charge on any atom is 0.399 e. The van der Waals surface area contributed by atoms with Crippen LogP contribution in [0.5, 0.6) is 11.8 Å². The van der Waals surface area contributed by atoms with Gasteiger partial charge in [-0.25, -0.2) is 4.39 Å². The Balaban J connectivity index is 2.08. The van der Waals surface area contributed by atoms with Crippen molar-refractivity contribution >= 4 is 0 Å². The van der Waals surface area contributed by atoms with Crippen LogP contribution in [0.2, 0.25) is 0 Å². The van der Waals surface area contributed by atoms with E-state index >= 15 is 0 Å². The molecule has 96 valence electrons. The predicted molar refractivity (Wildman–Crippen MR) is 65.1 cm³/mol. The molecule has 0 saturated carbocycles. The van der Waals surface area contributed by atoms with Gasteiger partial charge in [0.1, 0.15) is 6.26 Å². The Morgan fingerprint density at radius 2 is 2.28 bits per heavy atom. The molecular formula is C13H15FN2O2. The van der Waals surface area contributed by atoms with Crippen molar-refractivity contribution < 1.29 is 13.5 Å². The van der Waals surface area contributed by atoms with Gasteiger partial charge in [0.2, 0.25) is 0 Å². The van der Waals surface area contributed by atoms with E-state index in [-0.39, 0.29) is 11.8 Å². The number of rotatable bonds is 5. The number of ether oxygens (including phenoxy) is 1. The minimum absolute atomic E-state index is 0.0485. The monoisotopic (exact) mass is 250 g/mol. The zero-order valence-electron chi connectivity index (χ0n) is 10.4. The van der Waals surface area contributed by atoms with Gasteiger partial charge in [-0.05, 0) is 31.2 Å². The summed E-state index contributed by atoms with van der Waals surface area (Å²) in [6, 6.07) is 4.63. The molecule has 2 rings (SSSR count). The van der Waals surface area contributed by atoms with Crippen molar-refractivity contribution in [2.45, 2.75) is 20.4 Å². The molecule has 1 aromatic heterocycles. The summed E-state index contributed by atoms with van der Waals surface area (Å²) in [5, 5.41) is 3.11. The van der Waals surface area contributed by atoms with Gasteiger partial charge in [-0.3, -0.25) is 0 Å². The summed E-state index contributed by atoms with van der Waals surface area (Å²) in [7, 11) is 0. The van der Waals surface area contributed by atoms with Crippen LogP contribution >= 0.6 is 0 Å². The van der Waals surface area contributed by atoms with Crippen LogP contribution in [0.25, 0.3) is 0 Å². The summed E-state index contributed by atoms with van der Waals surface area (Å²) in [5.41, 5.74) is 1.63. The topological polar surface area (TPSA) is 47.3 Å². The van der Waals surface area contributed by atoms with Crippen molar-refractivity contribution in [3.8, 4) is 11.8 Å². The van der Waals surface area contributed by atoms with Crippen molar-refractivity contribution in [3.63, 3.8) is 0 Å². The lowest BCUT2D eigenvalue weighted by Gasteiger charge is -2.02. The minimum atomic E-state index is -0.438. The van der Waals surface area contributed by atoms with Crippen molar-refractivity contribution in [2.24, 2.45) is 0 Å². The molecule has 0 fully saturated rings. The molecule has 0 radical (unpaired) electrons. The molecule has 2 aromatic rings. The molecule has 0 aliphatic rings. The molecule has 0 bridgehead atoms. The second kappa shape index (κ2) is 5.64. The van der Waals surface area contributed by atoms with Crippen LogP contribution < -0.4 is 10.1 Å². The van der Waals surface area contributed by atoms with Gasteiger partial charge in [0.15, 0.2) is 11.6 Å². The fourth-order valence-electron chi connectivity index (χ4n) is 1.45. The van der Waals surface area contributed by atoms with Crippen LogP contribution in [0.1, 0.15) is 18.2 Å². The zero-order chi connectivity index (χ0) is 13.0. The number of oxazole rings is 1. The molecule has 0 aliphatic carbocycles. The largest absolute Gasteiger partial charge is 0.417 e. The molecular weight excluding hydrogens is 235 g/mol. The lowest BCUT2D eigenvalue weighted by atomic mass is 10.2. The average Bonchev–Trinajstić information content (AvgIpc) is 2.79. The van der Waals surface area contributed by atoms with Crippen molar-refractivity contribution in [1.29, 1.82) is 0 Å². The van der Waals surface area contributed by atoms with E-state index in [4.69, 9.17) is 9.15 Å². The van der Waals surface area contributed by atoms with Crippen LogP contribution in [0.3, 0.4) is 0 Å². The third-order valence-corrected chi connectivity index (χ3v) is 2.37. The number of nitrogens with one attached hydrogen (secondary N) is 1. The van der Waals surface area contributed by atoms with Gasteiger partial charge >= 0.3 is 6.08 Å². The van der Waals surface area contributed by atoms with E-state index < -0.39 is 5.82 Å². The lowest BCUT2D eigenvalue weighted by molar-refractivity contribution is 0.318. The molecule has 0 amide bonds. The van der Waals surface area contributed by atoms with Gasteiger partial charge in [-0.1, -0.05) is 13.0 Å². The summed E-state index contributed by atoms with van der Waals surface area (Å²) in [6.07, 6.45) is 1.54. The number of benzene rings is 1. The summed E-state index contributed by atoms with van der Waals surface area (Å²) >= 11 is 0. The summed E-state index contributed by atoms with van der Waals surface area (Å²) in [4.78, 5) is 4.10. The third-order valence-electron chi connectivity index (χ3n) is 2.37. The van der Waals surface area contributed by atoms with Gasteiger partial charge in [-0.2, -0.15) is 4.98 Å². The number of aryl methyl sites for hydroxylation is 1. The minimum Gasteiger partial charge on any atom is -0.417 e. The molecule has 5 heteroatoms. The third kappa shape index (κ3) is 3.07. The molecule has 1 heterocycles. The Labute approximate surface area is 105 Å². The standard InChI is InChI=1S/C13H15FN2O2/c1-3-15-7-10-8-17-13(16-10)18-12-6-9(2)4-5-11(12)14/h4-6,8,15H,3,7H2,1-2H3. The SMILES string of the molecule is CCNCc1coc(Oc2cc(C)ccc2F)n1. The van der Waals surface area contributed by atoms with Crippen molar-refractivity contribution in [1.82, 2.24) is 10.3 Å². The fourth-order valence-corrected chi connectivity index (χ4v) is 1.45. The zero-order valence-corrected chi connectivity index (χ0v) is 10.4. The van der Waals surface area contributed by atoms with Crippen LogP contribution in [0, 0.1) is 12.7 Å². The Bertz CT molecular complexity index is 525. The molecule has 0 atom stereocenters. The van der Waals surface area contributed by atoms with E-state index in [9.17, 15) is 4.39 Å². The van der Waals surface area contributed by atoms with Crippen LogP contribution in [0.4, 0.5) is 4.39 Å². The highest BCUT2D eigenvalue weighted by Gasteiger charge is 2.09. The number of nitrogens with zero attached hydrogens (tertiary/aromatic N) is 1. The highest BCUT2D eigenvalue weighted by atomic mass is 19.1. The number of halogens is 1. The van der Waals surface area contributed by atoms with Crippen molar-refractivity contribution in [2.75, 3.05) is 6.54 Å². The smallest absolute Gasteiger partial charge is 0.399 e. The highest BCUT2D eigenvalue weighted by Crippen LogP contribution is 2.24. The molecule has 1 aromatic carbocycles. The van der Waals surface area contributed by atoms with Crippen molar-refractivity contribution in [3.05, 3.63) is 41.5 Å². The first-order valence-electron chi connectivity index (χ1n) is 5.78. The Hall–Kier alpha value is -1.88. The van der Waals surface area contributed by atoms with E-state index in [2.05, 4.69) is 10.3 Å². The van der Waals surface area contributed by atoms with Gasteiger partial charge in [0, 0.05) is 6.54 Å². The second-order valence-electron chi connectivity index (χ2n) is 3.92. The van der Waals surface area contributed by atoms with Gasteiger partial charge in [0.25, 0.3) is 0 Å². The predicted octanol–water partition coefficient (Wildman–Crippen LogP) is 3.02. The molecule has 1 N–H and O–H groups in total. The Morgan fingerprint density at radius 3 is 3.06 bits per heavy atom. The molecule has 4 nitrogen and oxygen atoms in total. The summed E-state index contributed by atoms with van der Waals surface area (Å²) in [5.74, 6) is -0.320. The average molecular weight is 250 g/mol. The first kappa shape index (κ1) is 12.6. The van der Waals surface area contributed by atoms with E-state index in [1.807, 2.05) is 13.8 Å². The highest BCUT2D eigenvalue weighted by molar-refractivity contribution is 5.31. The van der Waals surface area contributed by atoms with Crippen LogP contribution in [-0.2, 0) is 6.54 Å². The second-order valence-corrected chi connectivity index (χ2v) is 3.92. The van der Waals surface area contributed by atoms with Gasteiger partial charge < -0.3 is 14.5 Å². The maximum atomic E-state index is 13.5. The van der Waals surface area contributed by atoms with E-state index in [0.717, 1.165) is 17.8 Å². The van der Waals surface area contributed by atoms with E-state index in [1.54, 1.807) is 12.1 Å². The molecule has 18 heavy (non-hydrogen) atoms. The number of aromatic nitrogens is 1. The first-order valence-corrected chi connectivity index (χ1v) is 5.78. The molecule has 0 aliphatic heterocycles. The molecule has 0 saturated heterocycles. The number of hydrogen-bond acceptors (Lipinski definition) is 4. The normalized spacial score (nSPS) is 10.6. The Morgan fingerprint density at radius 1 is 1.44 bits per heavy atom. The quantitative estimate of drug-likeness (QED) is 0.886. The summed E-state index contributed by atoms with van der Waals surface area (Å²) in [6.45, 7) is 5.30. The molecule has 0 unspecified atom stereocenters. The van der Waals surface area contributed by atoms with Crippen LogP contribution in [0.15, 0.2) is 28.9 Å². The first-order chi connectivity index (χ1) is 8.69. The maximum absolute atomic E-state index is 13.5. The number of hydrogen-bond donors (Lipinski definition) is 1. The Kier molecular flexibility index (Phi) is 3.94. The lowest BCUT2D eigenvalue weighted by Crippen LogP contribution is -2.11. The fraction of sp³-hybridized carbons (Fsp3) is 0.308. The van der Waals surface area contributed by atoms with Gasteiger partial charge in [-0.15, -0.1) is 0 Å². The van der Waals surface area contributed by atoms with Gasteiger partial charge in [0.05, 0.1) is 5.69 Å². The molecule has 0 spiro atoms. The van der Waals surface area contributed by atoms with Crippen LogP contribution in [-0.4, -0.2) is 11.5 Å². The van der Waals surface area contributed by atoms with E-state index in [0.29, 0.717) is 6.54 Å². The summed E-state index contributed by atoms with van der Waals surface area (Å²) < 4.78 is 23.8. The van der Waals surface area contributed by atoms with E-state index in [1.165, 1.54) is 12.3 Å².